The van der Waals surface area contributed by atoms with Crippen LogP contribution in [-0.2, 0) is 6.54 Å². The van der Waals surface area contributed by atoms with E-state index in [1.165, 1.54) is 0 Å². The van der Waals surface area contributed by atoms with Crippen molar-refractivity contribution in [1.29, 1.82) is 0 Å². The summed E-state index contributed by atoms with van der Waals surface area (Å²) in [5, 5.41) is 32.5. The lowest BCUT2D eigenvalue weighted by molar-refractivity contribution is -0.440. The van der Waals surface area contributed by atoms with Crippen molar-refractivity contribution in [3.05, 3.63) is 35.9 Å². The number of rotatable bonds is 4. The molecule has 1 aromatic carbocycles. The van der Waals surface area contributed by atoms with Gasteiger partial charge in [0.25, 0.3) is 0 Å². The summed E-state index contributed by atoms with van der Waals surface area (Å²) in [5.74, 6) is 0. The third-order valence-electron chi connectivity index (χ3n) is 2.36. The van der Waals surface area contributed by atoms with Crippen LogP contribution in [-0.4, -0.2) is 14.8 Å². The Morgan fingerprint density at radius 1 is 0.789 bits per heavy atom. The molecule has 0 unspecified atom stereocenters. The van der Waals surface area contributed by atoms with Crippen molar-refractivity contribution in [2.75, 3.05) is 11.5 Å². The van der Waals surface area contributed by atoms with Crippen LogP contribution in [0.1, 0.15) is 5.56 Å². The van der Waals surface area contributed by atoms with Crippen LogP contribution in [0.2, 0.25) is 0 Å². The van der Waals surface area contributed by atoms with Crippen molar-refractivity contribution in [3.63, 3.8) is 0 Å². The van der Waals surface area contributed by atoms with E-state index in [4.69, 9.17) is 17.2 Å². The second-order valence-electron chi connectivity index (χ2n) is 3.33. The van der Waals surface area contributed by atoms with Crippen LogP contribution in [0.4, 0.5) is 28.4 Å². The van der Waals surface area contributed by atoms with Crippen LogP contribution in [0.5, 0.6) is 0 Å². The first-order valence-corrected chi connectivity index (χ1v) is 4.61. The molecule has 1 aromatic rings. The van der Waals surface area contributed by atoms with Crippen molar-refractivity contribution in [3.8, 4) is 0 Å². The van der Waals surface area contributed by atoms with Gasteiger partial charge in [0, 0.05) is 6.54 Å². The molecule has 0 saturated carbocycles. The molecule has 0 fully saturated rings. The van der Waals surface area contributed by atoms with Gasteiger partial charge in [0.1, 0.15) is 5.69 Å². The Labute approximate surface area is 104 Å². The fourth-order valence-electron chi connectivity index (χ4n) is 1.56. The van der Waals surface area contributed by atoms with Crippen LogP contribution < -0.4 is 17.2 Å². The van der Waals surface area contributed by atoms with Gasteiger partial charge in [0.2, 0.25) is 0 Å². The fraction of sp³-hybridized carbons (Fsp3) is 0.143. The van der Waals surface area contributed by atoms with Crippen LogP contribution in [0.3, 0.4) is 0 Å². The van der Waals surface area contributed by atoms with Crippen molar-refractivity contribution in [1.82, 2.24) is 0 Å². The lowest BCUT2D eigenvalue weighted by Gasteiger charge is -2.08. The van der Waals surface area contributed by atoms with Crippen molar-refractivity contribution >= 4 is 28.4 Å². The minimum Gasteiger partial charge on any atom is -0.396 e. The maximum Gasteiger partial charge on any atom is 0.425 e. The Hall–Kier alpha value is -3.02. The first kappa shape index (κ1) is 14.0. The van der Waals surface area contributed by atoms with Gasteiger partial charge < -0.3 is 17.2 Å². The zero-order valence-corrected chi connectivity index (χ0v) is 9.23. The Bertz CT molecular complexity index is 598. The summed E-state index contributed by atoms with van der Waals surface area (Å²) in [6.07, 6.45) is 0. The van der Waals surface area contributed by atoms with E-state index in [-0.39, 0.29) is 0 Å². The SMILES string of the molecule is NCc1c(N)c(N)c([N+](=O)[O-])c([N+](=O)[O-])c1[N+](=O)[O-]. The molecule has 0 bridgehead atoms. The third kappa shape index (κ3) is 2.06. The number of hydrogen-bond acceptors (Lipinski definition) is 9. The van der Waals surface area contributed by atoms with E-state index in [0.29, 0.717) is 0 Å². The summed E-state index contributed by atoms with van der Waals surface area (Å²) in [6, 6.07) is 0. The summed E-state index contributed by atoms with van der Waals surface area (Å²) >= 11 is 0. The van der Waals surface area contributed by atoms with Gasteiger partial charge in [-0.2, -0.15) is 0 Å². The molecule has 1 rings (SSSR count). The van der Waals surface area contributed by atoms with E-state index in [1.807, 2.05) is 0 Å². The molecule has 0 aliphatic rings. The highest BCUT2D eigenvalue weighted by Gasteiger charge is 2.42. The van der Waals surface area contributed by atoms with Crippen LogP contribution in [0.25, 0.3) is 0 Å². The average molecular weight is 272 g/mol. The number of nitrogens with zero attached hydrogens (tertiary/aromatic N) is 3. The summed E-state index contributed by atoms with van der Waals surface area (Å²) < 4.78 is 0. The van der Waals surface area contributed by atoms with Gasteiger partial charge in [0.15, 0.2) is 0 Å². The molecule has 0 saturated heterocycles. The number of benzene rings is 1. The van der Waals surface area contributed by atoms with Crippen LogP contribution in [0, 0.1) is 30.3 Å². The lowest BCUT2D eigenvalue weighted by Crippen LogP contribution is -2.13. The standard InChI is InChI=1S/C7H8N6O6/c8-1-2-3(9)4(10)6(12(16)17)7(13(18)19)5(2)11(14)15/h1,8-10H2. The number of anilines is 2. The summed E-state index contributed by atoms with van der Waals surface area (Å²) in [7, 11) is 0. The first-order valence-electron chi connectivity index (χ1n) is 4.61. The number of nitro groups is 3. The minimum atomic E-state index is -1.33. The van der Waals surface area contributed by atoms with E-state index in [1.54, 1.807) is 0 Å². The van der Waals surface area contributed by atoms with Crippen molar-refractivity contribution < 1.29 is 14.8 Å². The average Bonchev–Trinajstić information content (AvgIpc) is 2.30. The molecule has 12 nitrogen and oxygen atoms in total. The molecule has 0 spiro atoms. The molecule has 0 amide bonds. The lowest BCUT2D eigenvalue weighted by atomic mass is 10.1. The predicted molar refractivity (Wildman–Crippen MR) is 63.1 cm³/mol. The van der Waals surface area contributed by atoms with E-state index in [9.17, 15) is 30.3 Å². The number of nitrogen functional groups attached to an aromatic ring is 2. The van der Waals surface area contributed by atoms with Gasteiger partial charge in [-0.05, 0) is 0 Å². The molecule has 6 N–H and O–H groups in total. The van der Waals surface area contributed by atoms with Gasteiger partial charge in [0.05, 0.1) is 26.0 Å². The topological polar surface area (TPSA) is 207 Å². The highest BCUT2D eigenvalue weighted by molar-refractivity contribution is 5.90. The molecular weight excluding hydrogens is 264 g/mol. The van der Waals surface area contributed by atoms with Gasteiger partial charge in [-0.25, -0.2) is 0 Å². The van der Waals surface area contributed by atoms with Gasteiger partial charge in [-0.1, -0.05) is 0 Å². The monoisotopic (exact) mass is 272 g/mol. The second-order valence-corrected chi connectivity index (χ2v) is 3.33. The summed E-state index contributed by atoms with van der Waals surface area (Å²) in [6.45, 7) is -0.523. The van der Waals surface area contributed by atoms with E-state index in [0.717, 1.165) is 0 Å². The molecular formula is C7H8N6O6. The van der Waals surface area contributed by atoms with Crippen molar-refractivity contribution in [2.24, 2.45) is 5.73 Å². The molecule has 19 heavy (non-hydrogen) atoms. The van der Waals surface area contributed by atoms with E-state index >= 15 is 0 Å². The molecule has 0 radical (unpaired) electrons. The maximum atomic E-state index is 10.9. The highest BCUT2D eigenvalue weighted by Crippen LogP contribution is 2.46. The molecule has 102 valence electrons. The zero-order chi connectivity index (χ0) is 14.9. The van der Waals surface area contributed by atoms with Crippen molar-refractivity contribution in [2.45, 2.75) is 6.54 Å². The summed E-state index contributed by atoms with van der Waals surface area (Å²) in [5.41, 5.74) is 10.6. The largest absolute Gasteiger partial charge is 0.425 e. The second kappa shape index (κ2) is 4.69. The van der Waals surface area contributed by atoms with Gasteiger partial charge >= 0.3 is 17.1 Å². The Kier molecular flexibility index (Phi) is 3.47. The number of nitrogens with two attached hydrogens (primary N) is 3. The van der Waals surface area contributed by atoms with Gasteiger partial charge in [-0.15, -0.1) is 0 Å². The Balaban J connectivity index is 4.02. The molecule has 0 aliphatic heterocycles. The fourth-order valence-corrected chi connectivity index (χ4v) is 1.56. The number of nitro benzene ring substituents is 3. The molecule has 0 atom stereocenters. The van der Waals surface area contributed by atoms with Crippen LogP contribution >= 0.6 is 0 Å². The van der Waals surface area contributed by atoms with E-state index < -0.39 is 55.3 Å². The quantitative estimate of drug-likeness (QED) is 0.383. The Morgan fingerprint density at radius 2 is 1.21 bits per heavy atom. The normalized spacial score (nSPS) is 10.2. The minimum absolute atomic E-state index is 0.417. The molecule has 0 aliphatic carbocycles. The Morgan fingerprint density at radius 3 is 1.53 bits per heavy atom. The zero-order valence-electron chi connectivity index (χ0n) is 9.23. The third-order valence-corrected chi connectivity index (χ3v) is 2.36. The summed E-state index contributed by atoms with van der Waals surface area (Å²) in [4.78, 5) is 28.9. The van der Waals surface area contributed by atoms with Gasteiger partial charge in [-0.3, -0.25) is 30.3 Å². The molecule has 0 heterocycles. The smallest absolute Gasteiger partial charge is 0.396 e. The molecule has 12 heteroatoms. The first-order chi connectivity index (χ1) is 8.73. The highest BCUT2D eigenvalue weighted by atomic mass is 16.6. The molecule has 0 aromatic heterocycles. The van der Waals surface area contributed by atoms with Crippen LogP contribution in [0.15, 0.2) is 0 Å². The predicted octanol–water partition coefficient (Wildman–Crippen LogP) is 0.0343. The maximum absolute atomic E-state index is 10.9. The number of hydrogen-bond donors (Lipinski definition) is 3. The van der Waals surface area contributed by atoms with E-state index in [2.05, 4.69) is 0 Å².